The molecule has 2 aliphatic carbocycles. The summed E-state index contributed by atoms with van der Waals surface area (Å²) >= 11 is 7.40. The van der Waals surface area contributed by atoms with Crippen LogP contribution in [0.25, 0.3) is 0 Å². The second kappa shape index (κ2) is 4.92. The quantitative estimate of drug-likeness (QED) is 0.553. The highest BCUT2D eigenvalue weighted by molar-refractivity contribution is 9.12. The van der Waals surface area contributed by atoms with Crippen molar-refractivity contribution in [3.05, 3.63) is 35.9 Å². The molecule has 2 amide bonds. The monoisotopic (exact) mass is 411 g/mol. The fourth-order valence-electron chi connectivity index (χ4n) is 4.33. The summed E-state index contributed by atoms with van der Waals surface area (Å²) in [5, 5.41) is 0. The van der Waals surface area contributed by atoms with Gasteiger partial charge in [0.25, 0.3) is 0 Å². The van der Waals surface area contributed by atoms with Gasteiger partial charge in [0.1, 0.15) is 0 Å². The third-order valence-corrected chi connectivity index (χ3v) is 8.47. The average molecular weight is 413 g/mol. The van der Waals surface area contributed by atoms with Crippen LogP contribution in [0.5, 0.6) is 0 Å². The van der Waals surface area contributed by atoms with E-state index in [2.05, 4.69) is 31.9 Å². The van der Waals surface area contributed by atoms with Gasteiger partial charge >= 0.3 is 0 Å². The average Bonchev–Trinajstić information content (AvgIpc) is 3.09. The molecule has 1 aromatic carbocycles. The number of amides is 2. The number of alkyl halides is 2. The van der Waals surface area contributed by atoms with Gasteiger partial charge in [0.05, 0.1) is 18.4 Å². The van der Waals surface area contributed by atoms with Crippen molar-refractivity contribution in [1.29, 1.82) is 0 Å². The van der Waals surface area contributed by atoms with Crippen molar-refractivity contribution in [2.75, 3.05) is 0 Å². The minimum atomic E-state index is -0.107. The van der Waals surface area contributed by atoms with Crippen LogP contribution in [0, 0.1) is 23.7 Å². The number of halogens is 2. The first-order valence-electron chi connectivity index (χ1n) is 7.27. The van der Waals surface area contributed by atoms with Gasteiger partial charge in [-0.3, -0.25) is 14.5 Å². The molecule has 0 spiro atoms. The van der Waals surface area contributed by atoms with E-state index in [-0.39, 0.29) is 23.7 Å². The van der Waals surface area contributed by atoms with Gasteiger partial charge in [-0.2, -0.15) is 0 Å². The van der Waals surface area contributed by atoms with E-state index in [0.29, 0.717) is 28.0 Å². The molecular formula is C16H15Br2NO2. The van der Waals surface area contributed by atoms with E-state index in [1.165, 1.54) is 4.90 Å². The van der Waals surface area contributed by atoms with Crippen LogP contribution in [0.1, 0.15) is 12.0 Å². The molecule has 5 heteroatoms. The van der Waals surface area contributed by atoms with Crippen molar-refractivity contribution in [3.63, 3.8) is 0 Å². The molecule has 2 saturated carbocycles. The SMILES string of the molecule is O=C1[C@@H]2[C@H]3C[C@H]([C@H](Br)[C@@H]3Br)[C@@H]2C(=O)N1Cc1ccccc1. The molecule has 3 aliphatic rings. The molecule has 21 heavy (non-hydrogen) atoms. The number of imide groups is 1. The van der Waals surface area contributed by atoms with Crippen LogP contribution in [0.3, 0.4) is 0 Å². The molecule has 110 valence electrons. The molecule has 1 aromatic rings. The first kappa shape index (κ1) is 13.9. The molecule has 0 radical (unpaired) electrons. The Labute approximate surface area is 140 Å². The van der Waals surface area contributed by atoms with E-state index in [9.17, 15) is 9.59 Å². The van der Waals surface area contributed by atoms with Crippen molar-refractivity contribution >= 4 is 43.7 Å². The van der Waals surface area contributed by atoms with E-state index in [4.69, 9.17) is 0 Å². The smallest absolute Gasteiger partial charge is 0.233 e. The summed E-state index contributed by atoms with van der Waals surface area (Å²) in [5.74, 6) is 0.437. The molecule has 0 unspecified atom stereocenters. The van der Waals surface area contributed by atoms with Gasteiger partial charge in [0, 0.05) is 9.65 Å². The van der Waals surface area contributed by atoms with E-state index in [0.717, 1.165) is 12.0 Å². The zero-order valence-electron chi connectivity index (χ0n) is 11.3. The molecule has 2 bridgehead atoms. The summed E-state index contributed by atoms with van der Waals surface area (Å²) < 4.78 is 0. The second-order valence-corrected chi connectivity index (χ2v) is 8.37. The maximum Gasteiger partial charge on any atom is 0.233 e. The topological polar surface area (TPSA) is 37.4 Å². The maximum atomic E-state index is 12.7. The predicted octanol–water partition coefficient (Wildman–Crippen LogP) is 2.96. The van der Waals surface area contributed by atoms with Crippen molar-refractivity contribution in [3.8, 4) is 0 Å². The lowest BCUT2D eigenvalue weighted by atomic mass is 9.81. The molecule has 0 aromatic heterocycles. The van der Waals surface area contributed by atoms with Crippen LogP contribution in [-0.2, 0) is 16.1 Å². The maximum absolute atomic E-state index is 12.7. The van der Waals surface area contributed by atoms with Crippen LogP contribution in [-0.4, -0.2) is 26.4 Å². The third kappa shape index (κ3) is 1.89. The Hall–Kier alpha value is -0.680. The highest BCUT2D eigenvalue weighted by Gasteiger charge is 2.66. The van der Waals surface area contributed by atoms with Crippen molar-refractivity contribution in [2.45, 2.75) is 22.6 Å². The predicted molar refractivity (Wildman–Crippen MR) is 86.0 cm³/mol. The van der Waals surface area contributed by atoms with Gasteiger partial charge in [-0.1, -0.05) is 62.2 Å². The molecular weight excluding hydrogens is 398 g/mol. The lowest BCUT2D eigenvalue weighted by Crippen LogP contribution is -2.37. The van der Waals surface area contributed by atoms with Crippen LogP contribution in [0.4, 0.5) is 0 Å². The second-order valence-electron chi connectivity index (χ2n) is 6.25. The normalized spacial score (nSPS) is 41.0. The summed E-state index contributed by atoms with van der Waals surface area (Å²) in [6.07, 6.45) is 0.984. The van der Waals surface area contributed by atoms with Crippen molar-refractivity contribution in [2.24, 2.45) is 23.7 Å². The Bertz CT molecular complexity index is 574. The number of benzene rings is 1. The number of hydrogen-bond donors (Lipinski definition) is 0. The van der Waals surface area contributed by atoms with Crippen LogP contribution >= 0.6 is 31.9 Å². The third-order valence-electron chi connectivity index (χ3n) is 5.26. The summed E-state index contributed by atoms with van der Waals surface area (Å²) in [7, 11) is 0. The Balaban J connectivity index is 1.62. The number of carbonyl (C=O) groups is 2. The molecule has 6 atom stereocenters. The lowest BCUT2D eigenvalue weighted by molar-refractivity contribution is -0.141. The van der Waals surface area contributed by atoms with E-state index in [1.807, 2.05) is 30.3 Å². The van der Waals surface area contributed by atoms with Gasteiger partial charge in [-0.05, 0) is 23.8 Å². The molecule has 3 nitrogen and oxygen atoms in total. The molecule has 4 rings (SSSR count). The standard InChI is InChI=1S/C16H15Br2NO2/c17-13-9-6-10(14(13)18)12-11(9)15(20)19(16(12)21)7-8-4-2-1-3-5-8/h1-5,9-14H,6-7H2/t9-,10+,11-,12+,13-,14+. The van der Waals surface area contributed by atoms with Crippen LogP contribution in [0.15, 0.2) is 30.3 Å². The van der Waals surface area contributed by atoms with Gasteiger partial charge < -0.3 is 0 Å². The van der Waals surface area contributed by atoms with Crippen molar-refractivity contribution in [1.82, 2.24) is 4.90 Å². The van der Waals surface area contributed by atoms with Crippen molar-refractivity contribution < 1.29 is 9.59 Å². The fraction of sp³-hybridized carbons (Fsp3) is 0.500. The van der Waals surface area contributed by atoms with Gasteiger partial charge in [0.15, 0.2) is 0 Å². The Morgan fingerprint density at radius 2 is 1.48 bits per heavy atom. The lowest BCUT2D eigenvalue weighted by Gasteiger charge is -2.28. The summed E-state index contributed by atoms with van der Waals surface area (Å²) in [6.45, 7) is 0.408. The van der Waals surface area contributed by atoms with Gasteiger partial charge in [-0.25, -0.2) is 0 Å². The van der Waals surface area contributed by atoms with E-state index in [1.54, 1.807) is 0 Å². The molecule has 1 heterocycles. The highest BCUT2D eigenvalue weighted by atomic mass is 79.9. The first-order valence-corrected chi connectivity index (χ1v) is 9.10. The Morgan fingerprint density at radius 3 is 2.00 bits per heavy atom. The minimum Gasteiger partial charge on any atom is -0.278 e. The number of carbonyl (C=O) groups excluding carboxylic acids is 2. The number of hydrogen-bond acceptors (Lipinski definition) is 2. The van der Waals surface area contributed by atoms with Crippen LogP contribution < -0.4 is 0 Å². The highest BCUT2D eigenvalue weighted by Crippen LogP contribution is 2.60. The molecule has 3 fully saturated rings. The molecule has 1 aliphatic heterocycles. The van der Waals surface area contributed by atoms with Crippen LogP contribution in [0.2, 0.25) is 0 Å². The Morgan fingerprint density at radius 1 is 0.952 bits per heavy atom. The Kier molecular flexibility index (Phi) is 3.26. The number of nitrogens with zero attached hydrogens (tertiary/aromatic N) is 1. The van der Waals surface area contributed by atoms with Gasteiger partial charge in [0.2, 0.25) is 11.8 Å². The fourth-order valence-corrected chi connectivity index (χ4v) is 6.21. The zero-order chi connectivity index (χ0) is 14.7. The summed E-state index contributed by atoms with van der Waals surface area (Å²) in [5.41, 5.74) is 1.01. The summed E-state index contributed by atoms with van der Waals surface area (Å²) in [6, 6.07) is 9.74. The number of fused-ring (bicyclic) bond motifs is 5. The first-order chi connectivity index (χ1) is 10.1. The zero-order valence-corrected chi connectivity index (χ0v) is 14.5. The largest absolute Gasteiger partial charge is 0.278 e. The molecule has 0 N–H and O–H groups in total. The van der Waals surface area contributed by atoms with E-state index < -0.39 is 0 Å². The van der Waals surface area contributed by atoms with E-state index >= 15 is 0 Å². The number of rotatable bonds is 2. The molecule has 1 saturated heterocycles. The number of likely N-dealkylation sites (tertiary alicyclic amines) is 1. The van der Waals surface area contributed by atoms with Gasteiger partial charge in [-0.15, -0.1) is 0 Å². The summed E-state index contributed by atoms with van der Waals surface area (Å²) in [4.78, 5) is 27.5. The minimum absolute atomic E-state index is 0.0326.